The number of ether oxygens (including phenoxy) is 2. The van der Waals surface area contributed by atoms with E-state index in [1.165, 1.54) is 6.33 Å². The van der Waals surface area contributed by atoms with Gasteiger partial charge in [0, 0.05) is 31.5 Å². The third kappa shape index (κ3) is 4.48. The van der Waals surface area contributed by atoms with E-state index >= 15 is 0 Å². The first kappa shape index (κ1) is 17.8. The molecule has 2 aromatic rings. The van der Waals surface area contributed by atoms with Crippen molar-refractivity contribution in [3.8, 4) is 0 Å². The molecule has 0 aliphatic heterocycles. The second kappa shape index (κ2) is 8.34. The molecule has 1 N–H and O–H groups in total. The molecular formula is C15H21N5O4. The fourth-order valence-corrected chi connectivity index (χ4v) is 2.31. The lowest BCUT2D eigenvalue weighted by Gasteiger charge is -2.10. The van der Waals surface area contributed by atoms with Gasteiger partial charge in [0.25, 0.3) is 11.7 Å². The minimum absolute atomic E-state index is 0.162. The van der Waals surface area contributed by atoms with E-state index in [2.05, 4.69) is 20.4 Å². The summed E-state index contributed by atoms with van der Waals surface area (Å²) in [6, 6.07) is 0. The SMILES string of the molecule is COCCNC(=O)COC(=O)CCc1c(C)nc2ncnn2c1C. The standard InChI is InChI=1S/C15H21N5O4/c1-10-12(11(2)20-15(19-10)17-9-18-20)4-5-14(22)24-8-13(21)16-6-7-23-3/h9H,4-8H2,1-3H3,(H,16,21). The number of fused-ring (bicyclic) bond motifs is 1. The smallest absolute Gasteiger partial charge is 0.306 e. The Morgan fingerprint density at radius 1 is 1.33 bits per heavy atom. The Labute approximate surface area is 139 Å². The van der Waals surface area contributed by atoms with Crippen LogP contribution < -0.4 is 5.32 Å². The molecule has 0 saturated heterocycles. The molecule has 0 atom stereocenters. The first-order chi connectivity index (χ1) is 11.5. The third-order valence-electron chi connectivity index (χ3n) is 3.56. The number of aromatic nitrogens is 4. The van der Waals surface area contributed by atoms with Crippen molar-refractivity contribution in [3.63, 3.8) is 0 Å². The van der Waals surface area contributed by atoms with Crippen LogP contribution in [0.15, 0.2) is 6.33 Å². The lowest BCUT2D eigenvalue weighted by Crippen LogP contribution is -2.31. The summed E-state index contributed by atoms with van der Waals surface area (Å²) in [6.07, 6.45) is 2.06. The highest BCUT2D eigenvalue weighted by Gasteiger charge is 2.13. The van der Waals surface area contributed by atoms with Crippen LogP contribution in [0.5, 0.6) is 0 Å². The van der Waals surface area contributed by atoms with Crippen molar-refractivity contribution in [1.82, 2.24) is 24.9 Å². The Hall–Kier alpha value is -2.55. The Bertz CT molecular complexity index is 728. The summed E-state index contributed by atoms with van der Waals surface area (Å²) in [4.78, 5) is 31.7. The Balaban J connectivity index is 1.85. The van der Waals surface area contributed by atoms with Crippen LogP contribution in [0.25, 0.3) is 5.78 Å². The number of nitrogens with one attached hydrogen (secondary N) is 1. The van der Waals surface area contributed by atoms with Crippen LogP contribution in [0.2, 0.25) is 0 Å². The van der Waals surface area contributed by atoms with E-state index in [-0.39, 0.29) is 18.9 Å². The van der Waals surface area contributed by atoms with E-state index in [1.54, 1.807) is 11.6 Å². The number of rotatable bonds is 8. The van der Waals surface area contributed by atoms with E-state index < -0.39 is 5.97 Å². The van der Waals surface area contributed by atoms with Crippen molar-refractivity contribution in [2.75, 3.05) is 26.9 Å². The van der Waals surface area contributed by atoms with Crippen molar-refractivity contribution >= 4 is 17.7 Å². The summed E-state index contributed by atoms with van der Waals surface area (Å²) in [5.74, 6) is -0.253. The van der Waals surface area contributed by atoms with Gasteiger partial charge < -0.3 is 14.8 Å². The molecule has 2 aromatic heterocycles. The topological polar surface area (TPSA) is 108 Å². The zero-order chi connectivity index (χ0) is 17.5. The van der Waals surface area contributed by atoms with E-state index in [0.717, 1.165) is 17.0 Å². The lowest BCUT2D eigenvalue weighted by atomic mass is 10.1. The highest BCUT2D eigenvalue weighted by molar-refractivity contribution is 5.80. The maximum atomic E-state index is 11.8. The molecule has 0 aliphatic rings. The highest BCUT2D eigenvalue weighted by atomic mass is 16.5. The molecule has 0 saturated carbocycles. The van der Waals surface area contributed by atoms with Crippen molar-refractivity contribution in [2.45, 2.75) is 26.7 Å². The van der Waals surface area contributed by atoms with Gasteiger partial charge in [0.1, 0.15) is 6.33 Å². The number of hydrogen-bond donors (Lipinski definition) is 1. The molecule has 130 valence electrons. The van der Waals surface area contributed by atoms with Crippen LogP contribution in [0.3, 0.4) is 0 Å². The number of aryl methyl sites for hydroxylation is 2. The zero-order valence-corrected chi connectivity index (χ0v) is 14.0. The summed E-state index contributed by atoms with van der Waals surface area (Å²) in [6.45, 7) is 4.28. The minimum Gasteiger partial charge on any atom is -0.456 e. The number of amides is 1. The average molecular weight is 335 g/mol. The van der Waals surface area contributed by atoms with E-state index in [1.807, 2.05) is 13.8 Å². The van der Waals surface area contributed by atoms with Gasteiger partial charge in [-0.3, -0.25) is 9.59 Å². The number of carbonyl (C=O) groups is 2. The maximum absolute atomic E-state index is 11.8. The van der Waals surface area contributed by atoms with Crippen LogP contribution in [0.4, 0.5) is 0 Å². The molecule has 1 amide bonds. The molecule has 0 aromatic carbocycles. The van der Waals surface area contributed by atoms with Crippen LogP contribution in [-0.4, -0.2) is 58.3 Å². The van der Waals surface area contributed by atoms with Gasteiger partial charge >= 0.3 is 5.97 Å². The molecule has 0 spiro atoms. The lowest BCUT2D eigenvalue weighted by molar-refractivity contribution is -0.148. The first-order valence-electron chi connectivity index (χ1n) is 7.60. The predicted molar refractivity (Wildman–Crippen MR) is 84.4 cm³/mol. The van der Waals surface area contributed by atoms with Gasteiger partial charge in [-0.05, 0) is 25.8 Å². The summed E-state index contributed by atoms with van der Waals surface area (Å²) < 4.78 is 11.4. The number of methoxy groups -OCH3 is 1. The van der Waals surface area contributed by atoms with Crippen LogP contribution in [-0.2, 0) is 25.5 Å². The van der Waals surface area contributed by atoms with Gasteiger partial charge in [-0.2, -0.15) is 10.1 Å². The fraction of sp³-hybridized carbons (Fsp3) is 0.533. The van der Waals surface area contributed by atoms with Gasteiger partial charge in [-0.1, -0.05) is 0 Å². The molecule has 2 rings (SSSR count). The van der Waals surface area contributed by atoms with Crippen molar-refractivity contribution < 1.29 is 19.1 Å². The van der Waals surface area contributed by atoms with Gasteiger partial charge in [-0.15, -0.1) is 0 Å². The summed E-state index contributed by atoms with van der Waals surface area (Å²) in [5, 5.41) is 6.68. The zero-order valence-electron chi connectivity index (χ0n) is 14.0. The Morgan fingerprint density at radius 3 is 2.88 bits per heavy atom. The van der Waals surface area contributed by atoms with Crippen molar-refractivity contribution in [1.29, 1.82) is 0 Å². The fourth-order valence-electron chi connectivity index (χ4n) is 2.31. The average Bonchev–Trinajstić information content (AvgIpc) is 3.01. The monoisotopic (exact) mass is 335 g/mol. The molecule has 9 nitrogen and oxygen atoms in total. The minimum atomic E-state index is -0.436. The maximum Gasteiger partial charge on any atom is 0.306 e. The number of nitrogens with zero attached hydrogens (tertiary/aromatic N) is 4. The second-order valence-electron chi connectivity index (χ2n) is 5.24. The van der Waals surface area contributed by atoms with E-state index in [0.29, 0.717) is 25.4 Å². The summed E-state index contributed by atoms with van der Waals surface area (Å²) in [5.41, 5.74) is 2.62. The first-order valence-corrected chi connectivity index (χ1v) is 7.60. The van der Waals surface area contributed by atoms with Crippen LogP contribution >= 0.6 is 0 Å². The predicted octanol–water partition coefficient (Wildman–Crippen LogP) is -0.0205. The Kier molecular flexibility index (Phi) is 6.19. The second-order valence-corrected chi connectivity index (χ2v) is 5.24. The molecule has 0 bridgehead atoms. The molecule has 9 heteroatoms. The molecule has 0 radical (unpaired) electrons. The molecule has 2 heterocycles. The Morgan fingerprint density at radius 2 is 2.12 bits per heavy atom. The van der Waals surface area contributed by atoms with Crippen LogP contribution in [0, 0.1) is 13.8 Å². The molecular weight excluding hydrogens is 314 g/mol. The van der Waals surface area contributed by atoms with E-state index in [4.69, 9.17) is 9.47 Å². The summed E-state index contributed by atoms with van der Waals surface area (Å²) >= 11 is 0. The molecule has 0 fully saturated rings. The highest BCUT2D eigenvalue weighted by Crippen LogP contribution is 2.15. The largest absolute Gasteiger partial charge is 0.456 e. The number of hydrogen-bond acceptors (Lipinski definition) is 7. The van der Waals surface area contributed by atoms with E-state index in [9.17, 15) is 9.59 Å². The normalized spacial score (nSPS) is 10.8. The van der Waals surface area contributed by atoms with Gasteiger partial charge in [0.2, 0.25) is 0 Å². The molecule has 24 heavy (non-hydrogen) atoms. The van der Waals surface area contributed by atoms with Crippen molar-refractivity contribution in [2.24, 2.45) is 0 Å². The molecule has 0 aliphatic carbocycles. The number of esters is 1. The van der Waals surface area contributed by atoms with Crippen LogP contribution in [0.1, 0.15) is 23.4 Å². The van der Waals surface area contributed by atoms with Gasteiger partial charge in [-0.25, -0.2) is 9.50 Å². The quantitative estimate of drug-likeness (QED) is 0.533. The van der Waals surface area contributed by atoms with Crippen molar-refractivity contribution in [3.05, 3.63) is 23.3 Å². The number of carbonyl (C=O) groups excluding carboxylic acids is 2. The molecule has 0 unspecified atom stereocenters. The summed E-state index contributed by atoms with van der Waals surface area (Å²) in [7, 11) is 1.54. The van der Waals surface area contributed by atoms with Gasteiger partial charge in [0.15, 0.2) is 6.61 Å². The van der Waals surface area contributed by atoms with Gasteiger partial charge in [0.05, 0.1) is 6.61 Å². The third-order valence-corrected chi connectivity index (χ3v) is 3.56.